The van der Waals surface area contributed by atoms with Crippen molar-refractivity contribution < 1.29 is 9.90 Å². The Labute approximate surface area is 96.4 Å². The number of halogens is 1. The molecule has 4 nitrogen and oxygen atoms in total. The second kappa shape index (κ2) is 3.96. The molecule has 1 aromatic rings. The van der Waals surface area contributed by atoms with Gasteiger partial charge in [0.1, 0.15) is 10.4 Å². The van der Waals surface area contributed by atoms with Crippen LogP contribution in [0.15, 0.2) is 4.60 Å². The molecule has 0 radical (unpaired) electrons. The quantitative estimate of drug-likeness (QED) is 0.900. The lowest BCUT2D eigenvalue weighted by atomic mass is 10.1. The van der Waals surface area contributed by atoms with Crippen molar-refractivity contribution in [1.29, 1.82) is 0 Å². The number of rotatable bonds is 2. The smallest absolute Gasteiger partial charge is 0.355 e. The fraction of sp³-hybridized carbons (Fsp3) is 0.600. The van der Waals surface area contributed by atoms with Gasteiger partial charge in [-0.3, -0.25) is 0 Å². The zero-order valence-corrected chi connectivity index (χ0v) is 10.1. The molecule has 1 fully saturated rings. The number of hydrogen-bond donors (Lipinski definition) is 1. The summed E-state index contributed by atoms with van der Waals surface area (Å²) >= 11 is 3.20. The number of nitrogens with zero attached hydrogens (tertiary/aromatic N) is 2. The van der Waals surface area contributed by atoms with Crippen molar-refractivity contribution in [3.63, 3.8) is 0 Å². The van der Waals surface area contributed by atoms with Gasteiger partial charge in [-0.05, 0) is 28.8 Å². The van der Waals surface area contributed by atoms with Gasteiger partial charge in [-0.25, -0.2) is 9.78 Å². The van der Waals surface area contributed by atoms with E-state index in [-0.39, 0.29) is 5.69 Å². The van der Waals surface area contributed by atoms with E-state index in [0.717, 1.165) is 18.7 Å². The maximum absolute atomic E-state index is 11.0. The lowest BCUT2D eigenvalue weighted by Crippen LogP contribution is -2.09. The second-order valence-electron chi connectivity index (χ2n) is 3.95. The molecule has 5 heteroatoms. The summed E-state index contributed by atoms with van der Waals surface area (Å²) in [6.45, 7) is 0. The number of carboxylic acid groups (broad SMARTS) is 1. The van der Waals surface area contributed by atoms with E-state index in [1.165, 1.54) is 12.8 Å². The topological polar surface area (TPSA) is 55.1 Å². The summed E-state index contributed by atoms with van der Waals surface area (Å²) in [7, 11) is 1.77. The van der Waals surface area contributed by atoms with E-state index in [0.29, 0.717) is 10.5 Å². The Morgan fingerprint density at radius 3 is 2.60 bits per heavy atom. The third-order valence-electron chi connectivity index (χ3n) is 3.01. The predicted molar refractivity (Wildman–Crippen MR) is 59.1 cm³/mol. The van der Waals surface area contributed by atoms with Gasteiger partial charge in [-0.15, -0.1) is 0 Å². The van der Waals surface area contributed by atoms with E-state index in [2.05, 4.69) is 20.9 Å². The Hall–Kier alpha value is -0.840. The first-order valence-electron chi connectivity index (χ1n) is 5.06. The molecule has 1 saturated carbocycles. The molecule has 0 aliphatic heterocycles. The van der Waals surface area contributed by atoms with Crippen molar-refractivity contribution in [2.45, 2.75) is 31.6 Å². The molecule has 0 spiro atoms. The molecule has 1 N–H and O–H groups in total. The summed E-state index contributed by atoms with van der Waals surface area (Å²) in [5, 5.41) is 9.01. The molecule has 0 atom stereocenters. The van der Waals surface area contributed by atoms with Gasteiger partial charge in [-0.1, -0.05) is 12.8 Å². The van der Waals surface area contributed by atoms with Crippen molar-refractivity contribution in [2.24, 2.45) is 7.05 Å². The third kappa shape index (κ3) is 1.80. The normalized spacial score (nSPS) is 17.2. The molecule has 0 saturated heterocycles. The van der Waals surface area contributed by atoms with Crippen LogP contribution in [0.5, 0.6) is 0 Å². The summed E-state index contributed by atoms with van der Waals surface area (Å²) in [6.07, 6.45) is 4.68. The minimum Gasteiger partial charge on any atom is -0.476 e. The summed E-state index contributed by atoms with van der Waals surface area (Å²) in [5.74, 6) is 0.400. The van der Waals surface area contributed by atoms with Crippen LogP contribution in [0.4, 0.5) is 0 Å². The molecule has 0 aromatic carbocycles. The van der Waals surface area contributed by atoms with E-state index >= 15 is 0 Å². The number of aromatic nitrogens is 2. The molecule has 82 valence electrons. The van der Waals surface area contributed by atoms with Gasteiger partial charge in [0.15, 0.2) is 5.69 Å². The van der Waals surface area contributed by atoms with Crippen molar-refractivity contribution in [1.82, 2.24) is 9.55 Å². The first-order valence-corrected chi connectivity index (χ1v) is 5.86. The fourth-order valence-corrected chi connectivity index (χ4v) is 2.88. The molecule has 0 unspecified atom stereocenters. The molecule has 1 aromatic heterocycles. The van der Waals surface area contributed by atoms with Crippen molar-refractivity contribution in [2.75, 3.05) is 0 Å². The Bertz CT molecular complexity index is 394. The molecular formula is C10H13BrN2O2. The summed E-state index contributed by atoms with van der Waals surface area (Å²) < 4.78 is 2.14. The van der Waals surface area contributed by atoms with Crippen LogP contribution in [0, 0.1) is 0 Å². The lowest BCUT2D eigenvalue weighted by molar-refractivity contribution is 0.0685. The highest BCUT2D eigenvalue weighted by atomic mass is 79.9. The van der Waals surface area contributed by atoms with E-state index < -0.39 is 5.97 Å². The average molecular weight is 273 g/mol. The van der Waals surface area contributed by atoms with Gasteiger partial charge < -0.3 is 9.67 Å². The van der Waals surface area contributed by atoms with Gasteiger partial charge >= 0.3 is 5.97 Å². The third-order valence-corrected chi connectivity index (χ3v) is 3.56. The van der Waals surface area contributed by atoms with Crippen LogP contribution in [0.25, 0.3) is 0 Å². The Morgan fingerprint density at radius 1 is 1.53 bits per heavy atom. The Balaban J connectivity index is 2.40. The minimum atomic E-state index is -0.930. The largest absolute Gasteiger partial charge is 0.476 e. The van der Waals surface area contributed by atoms with Crippen molar-refractivity contribution in [3.8, 4) is 0 Å². The average Bonchev–Trinajstić information content (AvgIpc) is 2.72. The Kier molecular flexibility index (Phi) is 2.82. The van der Waals surface area contributed by atoms with Crippen LogP contribution >= 0.6 is 15.9 Å². The van der Waals surface area contributed by atoms with Crippen LogP contribution in [0.3, 0.4) is 0 Å². The predicted octanol–water partition coefficient (Wildman–Crippen LogP) is 2.54. The summed E-state index contributed by atoms with van der Waals surface area (Å²) in [4.78, 5) is 15.3. The maximum Gasteiger partial charge on any atom is 0.355 e. The molecule has 1 aliphatic carbocycles. The molecule has 0 bridgehead atoms. The first kappa shape index (κ1) is 10.7. The van der Waals surface area contributed by atoms with E-state index in [1.807, 2.05) is 0 Å². The van der Waals surface area contributed by atoms with Crippen molar-refractivity contribution >= 4 is 21.9 Å². The van der Waals surface area contributed by atoms with E-state index in [1.54, 1.807) is 11.6 Å². The molecular weight excluding hydrogens is 260 g/mol. The zero-order valence-electron chi connectivity index (χ0n) is 8.53. The number of carboxylic acids is 1. The first-order chi connectivity index (χ1) is 7.11. The Morgan fingerprint density at radius 2 is 2.13 bits per heavy atom. The lowest BCUT2D eigenvalue weighted by Gasteiger charge is -2.08. The summed E-state index contributed by atoms with van der Waals surface area (Å²) in [6, 6.07) is 0. The fourth-order valence-electron chi connectivity index (χ4n) is 2.26. The molecule has 1 aliphatic rings. The van der Waals surface area contributed by atoms with Crippen LogP contribution in [-0.4, -0.2) is 20.6 Å². The summed E-state index contributed by atoms with van der Waals surface area (Å²) in [5.41, 5.74) is 0.247. The highest BCUT2D eigenvalue weighted by Crippen LogP contribution is 2.34. The van der Waals surface area contributed by atoms with Gasteiger partial charge in [0, 0.05) is 13.0 Å². The standard InChI is InChI=1S/C10H13BrN2O2/c1-13-7(10(14)15)8(11)12-9(13)6-4-2-3-5-6/h6H,2-5H2,1H3,(H,14,15). The second-order valence-corrected chi connectivity index (χ2v) is 4.71. The highest BCUT2D eigenvalue weighted by molar-refractivity contribution is 9.10. The van der Waals surface area contributed by atoms with Crippen LogP contribution in [0.2, 0.25) is 0 Å². The number of carbonyl (C=O) groups is 1. The van der Waals surface area contributed by atoms with Crippen LogP contribution in [-0.2, 0) is 7.05 Å². The monoisotopic (exact) mass is 272 g/mol. The van der Waals surface area contributed by atoms with Gasteiger partial charge in [-0.2, -0.15) is 0 Å². The molecule has 15 heavy (non-hydrogen) atoms. The maximum atomic E-state index is 11.0. The molecule has 2 rings (SSSR count). The SMILES string of the molecule is Cn1c(C2CCCC2)nc(Br)c1C(=O)O. The number of hydrogen-bond acceptors (Lipinski definition) is 2. The van der Waals surface area contributed by atoms with Crippen LogP contribution < -0.4 is 0 Å². The van der Waals surface area contributed by atoms with Gasteiger partial charge in [0.25, 0.3) is 0 Å². The van der Waals surface area contributed by atoms with Gasteiger partial charge in [0.05, 0.1) is 0 Å². The number of aromatic carboxylic acids is 1. The molecule has 1 heterocycles. The van der Waals surface area contributed by atoms with E-state index in [4.69, 9.17) is 5.11 Å². The zero-order chi connectivity index (χ0) is 11.0. The number of imidazole rings is 1. The minimum absolute atomic E-state index is 0.247. The molecule has 0 amide bonds. The van der Waals surface area contributed by atoms with Crippen LogP contribution in [0.1, 0.15) is 47.9 Å². The highest BCUT2D eigenvalue weighted by Gasteiger charge is 2.26. The van der Waals surface area contributed by atoms with Gasteiger partial charge in [0.2, 0.25) is 0 Å². The van der Waals surface area contributed by atoms with E-state index in [9.17, 15) is 4.79 Å². The van der Waals surface area contributed by atoms with Crippen molar-refractivity contribution in [3.05, 3.63) is 16.1 Å².